The number of carbonyl (C=O) groups is 1. The highest BCUT2D eigenvalue weighted by molar-refractivity contribution is 7.89. The number of ether oxygens (including phenoxy) is 2. The molecular formula is C19H23FN2O5S. The van der Waals surface area contributed by atoms with Gasteiger partial charge in [-0.15, -0.1) is 0 Å². The number of sulfonamides is 1. The fourth-order valence-corrected chi connectivity index (χ4v) is 3.63. The van der Waals surface area contributed by atoms with Crippen molar-refractivity contribution in [2.45, 2.75) is 24.3 Å². The fourth-order valence-electron chi connectivity index (χ4n) is 2.58. The molecule has 0 bridgehead atoms. The fraction of sp³-hybridized carbons (Fsp3) is 0.316. The third-order valence-electron chi connectivity index (χ3n) is 4.06. The number of halogens is 1. The lowest BCUT2D eigenvalue weighted by Gasteiger charge is -2.15. The van der Waals surface area contributed by atoms with E-state index >= 15 is 0 Å². The van der Waals surface area contributed by atoms with Gasteiger partial charge in [-0.05, 0) is 25.1 Å². The summed E-state index contributed by atoms with van der Waals surface area (Å²) in [6.07, 6.45) is -0.0920. The number of amides is 1. The van der Waals surface area contributed by atoms with E-state index < -0.39 is 27.8 Å². The smallest absolute Gasteiger partial charge is 0.240 e. The zero-order valence-corrected chi connectivity index (χ0v) is 16.7. The summed E-state index contributed by atoms with van der Waals surface area (Å²) in [5.41, 5.74) is 0.363. The lowest BCUT2D eigenvalue weighted by molar-refractivity contribution is -0.121. The molecule has 0 radical (unpaired) electrons. The number of nitrogens with one attached hydrogen (secondary N) is 2. The van der Waals surface area contributed by atoms with Crippen LogP contribution in [-0.4, -0.2) is 35.1 Å². The van der Waals surface area contributed by atoms with Crippen molar-refractivity contribution in [3.05, 3.63) is 53.8 Å². The van der Waals surface area contributed by atoms with Crippen LogP contribution in [-0.2, 0) is 14.8 Å². The second kappa shape index (κ2) is 9.52. The van der Waals surface area contributed by atoms with Gasteiger partial charge in [-0.25, -0.2) is 17.5 Å². The van der Waals surface area contributed by atoms with Crippen LogP contribution in [0.4, 0.5) is 4.39 Å². The Hall–Kier alpha value is -2.65. The van der Waals surface area contributed by atoms with Gasteiger partial charge in [-0.1, -0.05) is 18.2 Å². The van der Waals surface area contributed by atoms with Crippen LogP contribution in [0.2, 0.25) is 0 Å². The van der Waals surface area contributed by atoms with E-state index in [2.05, 4.69) is 10.0 Å². The maximum atomic E-state index is 13.7. The minimum atomic E-state index is -3.83. The normalized spacial score (nSPS) is 12.3. The van der Waals surface area contributed by atoms with E-state index in [4.69, 9.17) is 9.47 Å². The third kappa shape index (κ3) is 5.43. The molecule has 7 nitrogen and oxygen atoms in total. The van der Waals surface area contributed by atoms with Crippen LogP contribution in [0.25, 0.3) is 0 Å². The molecule has 0 saturated carbocycles. The Morgan fingerprint density at radius 1 is 1.11 bits per heavy atom. The topological polar surface area (TPSA) is 93.7 Å². The van der Waals surface area contributed by atoms with E-state index in [0.29, 0.717) is 11.3 Å². The molecule has 2 aromatic rings. The SMILES string of the molecule is COc1ccc(S(=O)(=O)NCCC(=O)NC(C)c2ccccc2F)cc1OC. The molecular weight excluding hydrogens is 387 g/mol. The number of benzene rings is 2. The average Bonchev–Trinajstić information content (AvgIpc) is 2.67. The summed E-state index contributed by atoms with van der Waals surface area (Å²) in [4.78, 5) is 12.0. The van der Waals surface area contributed by atoms with Crippen molar-refractivity contribution in [2.75, 3.05) is 20.8 Å². The molecule has 0 aliphatic rings. The van der Waals surface area contributed by atoms with Crippen LogP contribution in [0.3, 0.4) is 0 Å². The summed E-state index contributed by atoms with van der Waals surface area (Å²) >= 11 is 0. The lowest BCUT2D eigenvalue weighted by Crippen LogP contribution is -2.32. The Kier molecular flexibility index (Phi) is 7.36. The molecule has 0 aliphatic carbocycles. The Balaban J connectivity index is 1.93. The largest absolute Gasteiger partial charge is 0.493 e. The highest BCUT2D eigenvalue weighted by Crippen LogP contribution is 2.29. The van der Waals surface area contributed by atoms with E-state index in [1.807, 2.05) is 0 Å². The molecule has 2 N–H and O–H groups in total. The van der Waals surface area contributed by atoms with Gasteiger partial charge in [0.1, 0.15) is 5.82 Å². The molecule has 0 aliphatic heterocycles. The Morgan fingerprint density at radius 2 is 1.79 bits per heavy atom. The minimum absolute atomic E-state index is 0.00900. The van der Waals surface area contributed by atoms with E-state index in [-0.39, 0.29) is 23.6 Å². The van der Waals surface area contributed by atoms with Crippen molar-refractivity contribution in [2.24, 2.45) is 0 Å². The number of rotatable bonds is 9. The summed E-state index contributed by atoms with van der Waals surface area (Å²) in [5.74, 6) is -0.125. The summed E-state index contributed by atoms with van der Waals surface area (Å²) < 4.78 is 51.0. The molecule has 1 amide bonds. The quantitative estimate of drug-likeness (QED) is 0.662. The van der Waals surface area contributed by atoms with Crippen LogP contribution < -0.4 is 19.5 Å². The zero-order chi connectivity index (χ0) is 20.7. The molecule has 1 atom stereocenters. The monoisotopic (exact) mass is 410 g/mol. The molecule has 1 unspecified atom stereocenters. The summed E-state index contributed by atoms with van der Waals surface area (Å²) in [5, 5.41) is 2.65. The first-order valence-electron chi connectivity index (χ1n) is 8.54. The number of hydrogen-bond donors (Lipinski definition) is 2. The van der Waals surface area contributed by atoms with Crippen LogP contribution in [0.1, 0.15) is 24.9 Å². The summed E-state index contributed by atoms with van der Waals surface area (Å²) in [6.45, 7) is 1.55. The standard InChI is InChI=1S/C19H23FN2O5S/c1-13(15-6-4-5-7-16(15)20)22-19(23)10-11-21-28(24,25)14-8-9-17(26-2)18(12-14)27-3/h4-9,12-13,21H,10-11H2,1-3H3,(H,22,23). The minimum Gasteiger partial charge on any atom is -0.493 e. The molecule has 0 fully saturated rings. The van der Waals surface area contributed by atoms with E-state index in [9.17, 15) is 17.6 Å². The van der Waals surface area contributed by atoms with Gasteiger partial charge in [0.05, 0.1) is 25.2 Å². The Labute approximate surface area is 163 Å². The molecule has 0 spiro atoms. The number of methoxy groups -OCH3 is 2. The van der Waals surface area contributed by atoms with Crippen molar-refractivity contribution in [1.29, 1.82) is 0 Å². The maximum absolute atomic E-state index is 13.7. The highest BCUT2D eigenvalue weighted by Gasteiger charge is 2.18. The van der Waals surface area contributed by atoms with Gasteiger partial charge >= 0.3 is 0 Å². The lowest BCUT2D eigenvalue weighted by atomic mass is 10.1. The van der Waals surface area contributed by atoms with Crippen molar-refractivity contribution >= 4 is 15.9 Å². The van der Waals surface area contributed by atoms with E-state index in [1.165, 1.54) is 38.5 Å². The molecule has 2 aromatic carbocycles. The van der Waals surface area contributed by atoms with Crippen LogP contribution in [0, 0.1) is 5.82 Å². The van der Waals surface area contributed by atoms with E-state index in [0.717, 1.165) is 0 Å². The van der Waals surface area contributed by atoms with Gasteiger partial charge in [0.2, 0.25) is 15.9 Å². The van der Waals surface area contributed by atoms with Gasteiger partial charge in [0, 0.05) is 24.6 Å². The molecule has 0 heterocycles. The molecule has 0 saturated heterocycles. The van der Waals surface area contributed by atoms with Gasteiger partial charge in [0.15, 0.2) is 11.5 Å². The van der Waals surface area contributed by atoms with Crippen molar-refractivity contribution < 1.29 is 27.1 Å². The molecule has 28 heavy (non-hydrogen) atoms. The highest BCUT2D eigenvalue weighted by atomic mass is 32.2. The summed E-state index contributed by atoms with van der Waals surface area (Å²) in [7, 11) is -0.971. The first-order chi connectivity index (χ1) is 13.3. The molecule has 9 heteroatoms. The predicted octanol–water partition coefficient (Wildman–Crippen LogP) is 2.39. The predicted molar refractivity (Wildman–Crippen MR) is 102 cm³/mol. The molecule has 0 aromatic heterocycles. The third-order valence-corrected chi connectivity index (χ3v) is 5.52. The van der Waals surface area contributed by atoms with Crippen LogP contribution >= 0.6 is 0 Å². The molecule has 2 rings (SSSR count). The van der Waals surface area contributed by atoms with Gasteiger partial charge < -0.3 is 14.8 Å². The van der Waals surface area contributed by atoms with Crippen molar-refractivity contribution in [1.82, 2.24) is 10.0 Å². The first-order valence-corrected chi connectivity index (χ1v) is 10.0. The van der Waals surface area contributed by atoms with Crippen molar-refractivity contribution in [3.63, 3.8) is 0 Å². The Morgan fingerprint density at radius 3 is 2.43 bits per heavy atom. The number of hydrogen-bond acceptors (Lipinski definition) is 5. The second-order valence-electron chi connectivity index (χ2n) is 5.98. The van der Waals surface area contributed by atoms with Gasteiger partial charge in [-0.3, -0.25) is 4.79 Å². The Bertz CT molecular complexity index is 934. The molecule has 152 valence electrons. The average molecular weight is 410 g/mol. The first kappa shape index (κ1) is 21.6. The maximum Gasteiger partial charge on any atom is 0.240 e. The number of carbonyl (C=O) groups excluding carboxylic acids is 1. The van der Waals surface area contributed by atoms with Crippen LogP contribution in [0.5, 0.6) is 11.5 Å². The van der Waals surface area contributed by atoms with Gasteiger partial charge in [0.25, 0.3) is 0 Å². The zero-order valence-electron chi connectivity index (χ0n) is 15.9. The van der Waals surface area contributed by atoms with Crippen LogP contribution in [0.15, 0.2) is 47.4 Å². The van der Waals surface area contributed by atoms with Gasteiger partial charge in [-0.2, -0.15) is 0 Å². The second-order valence-corrected chi connectivity index (χ2v) is 7.74. The van der Waals surface area contributed by atoms with Crippen molar-refractivity contribution in [3.8, 4) is 11.5 Å². The summed E-state index contributed by atoms with van der Waals surface area (Å²) in [6, 6.07) is 9.81. The van der Waals surface area contributed by atoms with E-state index in [1.54, 1.807) is 25.1 Å².